The Morgan fingerprint density at radius 2 is 1.88 bits per heavy atom. The fourth-order valence-corrected chi connectivity index (χ4v) is 3.31. The molecule has 3 rings (SSSR count). The molecule has 0 saturated heterocycles. The smallest absolute Gasteiger partial charge is 0.253 e. The van der Waals surface area contributed by atoms with Gasteiger partial charge in [-0.3, -0.25) is 4.79 Å². The van der Waals surface area contributed by atoms with Crippen LogP contribution < -0.4 is 4.90 Å². The van der Waals surface area contributed by atoms with Gasteiger partial charge in [-0.1, -0.05) is 30.0 Å². The lowest BCUT2D eigenvalue weighted by Gasteiger charge is -2.20. The molecular formula is C18H21N5OS. The van der Waals surface area contributed by atoms with Crippen molar-refractivity contribution in [2.75, 3.05) is 17.2 Å². The van der Waals surface area contributed by atoms with E-state index in [0.29, 0.717) is 17.5 Å². The number of rotatable bonds is 5. The van der Waals surface area contributed by atoms with Crippen molar-refractivity contribution in [1.29, 1.82) is 0 Å². The fraction of sp³-hybridized carbons (Fsp3) is 0.333. The third kappa shape index (κ3) is 3.51. The zero-order chi connectivity index (χ0) is 18.0. The topological polar surface area (TPSA) is 63.4 Å². The molecule has 3 aromatic rings. The van der Waals surface area contributed by atoms with Crippen molar-refractivity contribution >= 4 is 29.1 Å². The molecule has 0 N–H and O–H groups in total. The highest BCUT2D eigenvalue weighted by Gasteiger charge is 2.16. The van der Waals surface area contributed by atoms with Crippen LogP contribution in [0.5, 0.6) is 0 Å². The predicted octanol–water partition coefficient (Wildman–Crippen LogP) is 3.19. The Bertz CT molecular complexity index is 907. The Labute approximate surface area is 151 Å². The maximum absolute atomic E-state index is 12.6. The van der Waals surface area contributed by atoms with E-state index in [-0.39, 0.29) is 11.7 Å². The van der Waals surface area contributed by atoms with Crippen LogP contribution >= 0.6 is 11.8 Å². The Hall–Kier alpha value is -2.41. The maximum Gasteiger partial charge on any atom is 0.253 e. The van der Waals surface area contributed by atoms with Crippen LogP contribution in [0.1, 0.15) is 23.9 Å². The monoisotopic (exact) mass is 355 g/mol. The Balaban J connectivity index is 1.76. The van der Waals surface area contributed by atoms with Gasteiger partial charge < -0.3 is 4.90 Å². The van der Waals surface area contributed by atoms with Gasteiger partial charge in [-0.25, -0.2) is 9.50 Å². The Kier molecular flexibility index (Phi) is 5.03. The summed E-state index contributed by atoms with van der Waals surface area (Å²) in [7, 11) is 0. The van der Waals surface area contributed by atoms with E-state index in [0.717, 1.165) is 22.6 Å². The highest BCUT2D eigenvalue weighted by atomic mass is 32.2. The first kappa shape index (κ1) is 17.4. The number of benzene rings is 1. The molecule has 0 atom stereocenters. The summed E-state index contributed by atoms with van der Waals surface area (Å²) in [6, 6.07) is 9.68. The van der Waals surface area contributed by atoms with E-state index in [1.807, 2.05) is 58.0 Å². The Morgan fingerprint density at radius 3 is 2.56 bits per heavy atom. The molecular weight excluding hydrogens is 334 g/mol. The molecule has 2 aromatic heterocycles. The summed E-state index contributed by atoms with van der Waals surface area (Å²) in [6.07, 6.45) is 0. The molecule has 7 heteroatoms. The zero-order valence-electron chi connectivity index (χ0n) is 14.9. The van der Waals surface area contributed by atoms with E-state index in [1.165, 1.54) is 11.8 Å². The molecule has 2 heterocycles. The van der Waals surface area contributed by atoms with Gasteiger partial charge in [-0.05, 0) is 45.4 Å². The van der Waals surface area contributed by atoms with Gasteiger partial charge in [-0.2, -0.15) is 4.98 Å². The molecule has 1 amide bonds. The first-order valence-corrected chi connectivity index (χ1v) is 9.18. The van der Waals surface area contributed by atoms with Crippen molar-refractivity contribution in [1.82, 2.24) is 19.6 Å². The standard InChI is InChI=1S/C18H21N5OS/c1-5-22(15-9-7-6-8-10-15)16(24)11-25-18-20-17-19-13(3)12(2)14(4)23(17)21-18/h6-10H,5,11H2,1-4H3. The van der Waals surface area contributed by atoms with Crippen LogP contribution in [0.3, 0.4) is 0 Å². The number of thioether (sulfide) groups is 1. The number of amides is 1. The molecule has 0 bridgehead atoms. The van der Waals surface area contributed by atoms with E-state index in [2.05, 4.69) is 15.1 Å². The second-order valence-corrected chi connectivity index (χ2v) is 6.72. The van der Waals surface area contributed by atoms with E-state index < -0.39 is 0 Å². The van der Waals surface area contributed by atoms with Gasteiger partial charge in [0.05, 0.1) is 5.75 Å². The van der Waals surface area contributed by atoms with E-state index in [4.69, 9.17) is 0 Å². The minimum atomic E-state index is 0.0367. The average molecular weight is 355 g/mol. The molecule has 0 saturated carbocycles. The number of anilines is 1. The number of aromatic nitrogens is 4. The molecule has 0 aliphatic carbocycles. The summed E-state index contributed by atoms with van der Waals surface area (Å²) in [4.78, 5) is 23.2. The van der Waals surface area contributed by atoms with Crippen LogP contribution in [0.15, 0.2) is 35.5 Å². The number of nitrogens with zero attached hydrogens (tertiary/aromatic N) is 5. The lowest BCUT2D eigenvalue weighted by atomic mass is 10.2. The SMILES string of the molecule is CCN(C(=O)CSc1nc2nc(C)c(C)c(C)n2n1)c1ccccc1. The summed E-state index contributed by atoms with van der Waals surface area (Å²) in [5, 5.41) is 5.05. The number of fused-ring (bicyclic) bond motifs is 1. The minimum absolute atomic E-state index is 0.0367. The lowest BCUT2D eigenvalue weighted by molar-refractivity contribution is -0.116. The number of aryl methyl sites for hydroxylation is 2. The number of carbonyl (C=O) groups is 1. The summed E-state index contributed by atoms with van der Waals surface area (Å²) in [6.45, 7) is 8.58. The first-order valence-electron chi connectivity index (χ1n) is 8.20. The molecule has 6 nitrogen and oxygen atoms in total. The first-order chi connectivity index (χ1) is 12.0. The van der Waals surface area contributed by atoms with Crippen LogP contribution in [0.25, 0.3) is 5.78 Å². The van der Waals surface area contributed by atoms with Crippen molar-refractivity contribution < 1.29 is 4.79 Å². The van der Waals surface area contributed by atoms with Gasteiger partial charge in [0.1, 0.15) is 0 Å². The van der Waals surface area contributed by atoms with Crippen LogP contribution in [-0.4, -0.2) is 37.8 Å². The summed E-state index contributed by atoms with van der Waals surface area (Å²) < 4.78 is 1.74. The van der Waals surface area contributed by atoms with Crippen LogP contribution in [-0.2, 0) is 4.79 Å². The van der Waals surface area contributed by atoms with Crippen molar-refractivity contribution in [3.8, 4) is 0 Å². The Morgan fingerprint density at radius 1 is 1.16 bits per heavy atom. The number of hydrogen-bond donors (Lipinski definition) is 0. The number of hydrogen-bond acceptors (Lipinski definition) is 5. The van der Waals surface area contributed by atoms with Crippen LogP contribution in [0.4, 0.5) is 5.69 Å². The molecule has 0 fully saturated rings. The lowest BCUT2D eigenvalue weighted by Crippen LogP contribution is -2.32. The van der Waals surface area contributed by atoms with Gasteiger partial charge >= 0.3 is 0 Å². The second-order valence-electron chi connectivity index (χ2n) is 5.78. The van der Waals surface area contributed by atoms with E-state index >= 15 is 0 Å². The van der Waals surface area contributed by atoms with Crippen LogP contribution in [0, 0.1) is 20.8 Å². The fourth-order valence-electron chi connectivity index (χ4n) is 2.61. The van der Waals surface area contributed by atoms with Gasteiger partial charge in [-0.15, -0.1) is 5.10 Å². The highest BCUT2D eigenvalue weighted by Crippen LogP contribution is 2.20. The molecule has 130 valence electrons. The van der Waals surface area contributed by atoms with Gasteiger partial charge in [0.15, 0.2) is 0 Å². The predicted molar refractivity (Wildman–Crippen MR) is 100 cm³/mol. The third-order valence-corrected chi connectivity index (χ3v) is 5.07. The molecule has 25 heavy (non-hydrogen) atoms. The van der Waals surface area contributed by atoms with Gasteiger partial charge in [0, 0.05) is 23.6 Å². The molecule has 0 aliphatic rings. The molecule has 0 radical (unpaired) electrons. The van der Waals surface area contributed by atoms with Gasteiger partial charge in [0.25, 0.3) is 5.78 Å². The molecule has 0 spiro atoms. The second kappa shape index (κ2) is 7.23. The summed E-state index contributed by atoms with van der Waals surface area (Å²) in [5.41, 5.74) is 3.98. The number of carbonyl (C=O) groups excluding carboxylic acids is 1. The van der Waals surface area contributed by atoms with Crippen molar-refractivity contribution in [3.05, 3.63) is 47.3 Å². The number of para-hydroxylation sites is 1. The maximum atomic E-state index is 12.6. The molecule has 0 unspecified atom stereocenters. The van der Waals surface area contributed by atoms with E-state index in [9.17, 15) is 4.79 Å². The highest BCUT2D eigenvalue weighted by molar-refractivity contribution is 7.99. The normalized spacial score (nSPS) is 11.0. The summed E-state index contributed by atoms with van der Waals surface area (Å²) in [5.74, 6) is 0.900. The summed E-state index contributed by atoms with van der Waals surface area (Å²) >= 11 is 1.34. The van der Waals surface area contributed by atoms with Crippen LogP contribution in [0.2, 0.25) is 0 Å². The van der Waals surface area contributed by atoms with Crippen molar-refractivity contribution in [3.63, 3.8) is 0 Å². The molecule has 0 aliphatic heterocycles. The zero-order valence-corrected chi connectivity index (χ0v) is 15.7. The molecule has 1 aromatic carbocycles. The van der Waals surface area contributed by atoms with E-state index in [1.54, 1.807) is 9.42 Å². The van der Waals surface area contributed by atoms with Gasteiger partial charge in [0.2, 0.25) is 11.1 Å². The third-order valence-electron chi connectivity index (χ3n) is 4.25. The van der Waals surface area contributed by atoms with Crippen molar-refractivity contribution in [2.45, 2.75) is 32.9 Å². The average Bonchev–Trinajstić information content (AvgIpc) is 3.02. The van der Waals surface area contributed by atoms with Crippen molar-refractivity contribution in [2.24, 2.45) is 0 Å². The minimum Gasteiger partial charge on any atom is -0.312 e. The quantitative estimate of drug-likeness (QED) is 0.658. The largest absolute Gasteiger partial charge is 0.312 e.